The van der Waals surface area contributed by atoms with Crippen molar-refractivity contribution in [3.63, 3.8) is 0 Å². The largest absolute Gasteiger partial charge is 0.333 e. The Morgan fingerprint density at radius 1 is 0.607 bits per heavy atom. The van der Waals surface area contributed by atoms with Crippen molar-refractivity contribution in [2.75, 3.05) is 6.61 Å². The van der Waals surface area contributed by atoms with Crippen LogP contribution in [0.5, 0.6) is 0 Å². The third-order valence-electron chi connectivity index (χ3n) is 5.26. The van der Waals surface area contributed by atoms with Gasteiger partial charge in [-0.25, -0.2) is 0 Å². The molecule has 0 bridgehead atoms. The minimum absolute atomic E-state index is 0.0565. The van der Waals surface area contributed by atoms with Crippen molar-refractivity contribution >= 4 is 7.60 Å². The highest BCUT2D eigenvalue weighted by Gasteiger charge is 2.30. The predicted octanol–water partition coefficient (Wildman–Crippen LogP) is 9.29. The first-order valence-electron chi connectivity index (χ1n) is 12.3. The molecule has 4 heteroatoms. The van der Waals surface area contributed by atoms with Crippen molar-refractivity contribution in [3.05, 3.63) is 0 Å². The van der Waals surface area contributed by atoms with Crippen molar-refractivity contribution in [1.29, 1.82) is 0 Å². The first-order valence-corrected chi connectivity index (χ1v) is 14.0. The van der Waals surface area contributed by atoms with Crippen molar-refractivity contribution in [2.45, 2.75) is 149 Å². The molecule has 0 aliphatic carbocycles. The lowest BCUT2D eigenvalue weighted by Gasteiger charge is -2.23. The summed E-state index contributed by atoms with van der Waals surface area (Å²) in [5, 5.41) is 0. The van der Waals surface area contributed by atoms with Crippen LogP contribution in [0.15, 0.2) is 0 Å². The summed E-state index contributed by atoms with van der Waals surface area (Å²) in [6, 6.07) is 0. The Hall–Kier alpha value is 0.150. The normalized spacial score (nSPS) is 14.1. The van der Waals surface area contributed by atoms with Gasteiger partial charge in [-0.05, 0) is 20.3 Å². The Bertz CT molecular complexity index is 369. The van der Waals surface area contributed by atoms with Gasteiger partial charge in [-0.1, -0.05) is 117 Å². The molecule has 0 aromatic heterocycles. The smallest absolute Gasteiger partial charge is 0.308 e. The van der Waals surface area contributed by atoms with Crippen molar-refractivity contribution in [2.24, 2.45) is 0 Å². The molecule has 0 heterocycles. The van der Waals surface area contributed by atoms with E-state index in [1.54, 1.807) is 0 Å². The van der Waals surface area contributed by atoms with Gasteiger partial charge in [-0.15, -0.1) is 0 Å². The van der Waals surface area contributed by atoms with E-state index in [-0.39, 0.29) is 11.8 Å². The summed E-state index contributed by atoms with van der Waals surface area (Å²) in [5.74, 6) is 0. The van der Waals surface area contributed by atoms with Gasteiger partial charge in [0.1, 0.15) is 0 Å². The highest BCUT2D eigenvalue weighted by Crippen LogP contribution is 2.53. The molecular formula is C24H51O3P. The minimum atomic E-state index is -2.94. The average molecular weight is 419 g/mol. The number of hydrogen-bond acceptors (Lipinski definition) is 3. The van der Waals surface area contributed by atoms with Crippen LogP contribution in [0.1, 0.15) is 137 Å². The van der Waals surface area contributed by atoms with E-state index in [2.05, 4.69) is 6.92 Å². The molecular weight excluding hydrogens is 367 g/mol. The molecule has 0 aliphatic rings. The van der Waals surface area contributed by atoms with Crippen LogP contribution >= 0.6 is 7.60 Å². The van der Waals surface area contributed by atoms with Crippen LogP contribution < -0.4 is 0 Å². The summed E-state index contributed by atoms with van der Waals surface area (Å²) in [6.45, 7) is 10.5. The maximum atomic E-state index is 12.6. The van der Waals surface area contributed by atoms with E-state index in [0.717, 1.165) is 12.8 Å². The quantitative estimate of drug-likeness (QED) is 0.138. The molecule has 170 valence electrons. The van der Waals surface area contributed by atoms with Gasteiger partial charge in [0.25, 0.3) is 0 Å². The molecule has 0 N–H and O–H groups in total. The van der Waals surface area contributed by atoms with E-state index in [0.29, 0.717) is 6.61 Å². The van der Waals surface area contributed by atoms with Crippen molar-refractivity contribution in [3.8, 4) is 0 Å². The number of unbranched alkanes of at least 4 members (excludes halogenated alkanes) is 15. The SMILES string of the molecule is CCCCCCCCCCCCCCCCCCOP(=O)(OC(C)C)C(C)C. The highest BCUT2D eigenvalue weighted by molar-refractivity contribution is 7.54. The summed E-state index contributed by atoms with van der Waals surface area (Å²) >= 11 is 0. The summed E-state index contributed by atoms with van der Waals surface area (Å²) < 4.78 is 23.9. The molecule has 0 saturated carbocycles. The Morgan fingerprint density at radius 2 is 0.964 bits per heavy atom. The van der Waals surface area contributed by atoms with E-state index in [1.165, 1.54) is 89.9 Å². The molecule has 3 nitrogen and oxygen atoms in total. The molecule has 0 fully saturated rings. The molecule has 0 rings (SSSR count). The summed E-state index contributed by atoms with van der Waals surface area (Å²) in [7, 11) is -2.94. The molecule has 0 aromatic carbocycles. The highest BCUT2D eigenvalue weighted by atomic mass is 31.2. The van der Waals surface area contributed by atoms with E-state index >= 15 is 0 Å². The van der Waals surface area contributed by atoms with Gasteiger partial charge in [0.05, 0.1) is 18.4 Å². The first-order chi connectivity index (χ1) is 13.4. The zero-order valence-corrected chi connectivity index (χ0v) is 20.7. The van der Waals surface area contributed by atoms with E-state index in [1.807, 2.05) is 27.7 Å². The Balaban J connectivity index is 3.36. The molecule has 0 amide bonds. The number of rotatable bonds is 21. The standard InChI is InChI=1S/C24H51O3P/c1-6-7-8-9-10-11-12-13-14-15-16-17-18-19-20-21-22-26-28(25,24(4)5)27-23(2)3/h23-24H,6-22H2,1-5H3. The summed E-state index contributed by atoms with van der Waals surface area (Å²) in [4.78, 5) is 0. The molecule has 0 spiro atoms. The third-order valence-corrected chi connectivity index (χ3v) is 7.78. The van der Waals surface area contributed by atoms with Gasteiger partial charge in [0.2, 0.25) is 0 Å². The second-order valence-electron chi connectivity index (χ2n) is 8.92. The van der Waals surface area contributed by atoms with Crippen LogP contribution in [0.4, 0.5) is 0 Å². The fourth-order valence-corrected chi connectivity index (χ4v) is 5.01. The molecule has 0 aromatic rings. The van der Waals surface area contributed by atoms with Crippen molar-refractivity contribution < 1.29 is 13.6 Å². The second kappa shape index (κ2) is 19.1. The maximum absolute atomic E-state index is 12.6. The Labute approximate surface area is 177 Å². The van der Waals surface area contributed by atoms with Crippen LogP contribution in [0.3, 0.4) is 0 Å². The fraction of sp³-hybridized carbons (Fsp3) is 1.00. The zero-order chi connectivity index (χ0) is 21.1. The van der Waals surface area contributed by atoms with Gasteiger partial charge < -0.3 is 9.05 Å². The molecule has 1 atom stereocenters. The summed E-state index contributed by atoms with van der Waals surface area (Å²) in [6.07, 6.45) is 21.6. The van der Waals surface area contributed by atoms with Crippen LogP contribution in [0.25, 0.3) is 0 Å². The van der Waals surface area contributed by atoms with Crippen LogP contribution in [-0.2, 0) is 13.6 Å². The van der Waals surface area contributed by atoms with E-state index in [9.17, 15) is 4.57 Å². The lowest BCUT2D eigenvalue weighted by Crippen LogP contribution is -2.11. The van der Waals surface area contributed by atoms with Crippen LogP contribution in [-0.4, -0.2) is 18.4 Å². The molecule has 28 heavy (non-hydrogen) atoms. The minimum Gasteiger partial charge on any atom is -0.308 e. The Morgan fingerprint density at radius 3 is 1.29 bits per heavy atom. The molecule has 0 aliphatic heterocycles. The van der Waals surface area contributed by atoms with E-state index < -0.39 is 7.60 Å². The number of hydrogen-bond donors (Lipinski definition) is 0. The lowest BCUT2D eigenvalue weighted by atomic mass is 10.0. The Kier molecular flexibility index (Phi) is 19.2. The second-order valence-corrected chi connectivity index (χ2v) is 11.5. The molecule has 0 radical (unpaired) electrons. The maximum Gasteiger partial charge on any atom is 0.333 e. The van der Waals surface area contributed by atoms with Gasteiger partial charge >= 0.3 is 7.60 Å². The lowest BCUT2D eigenvalue weighted by molar-refractivity contribution is 0.162. The molecule has 1 unspecified atom stereocenters. The monoisotopic (exact) mass is 418 g/mol. The van der Waals surface area contributed by atoms with Gasteiger partial charge in [-0.3, -0.25) is 4.57 Å². The van der Waals surface area contributed by atoms with Crippen molar-refractivity contribution in [1.82, 2.24) is 0 Å². The molecule has 0 saturated heterocycles. The van der Waals surface area contributed by atoms with Crippen LogP contribution in [0, 0.1) is 0 Å². The van der Waals surface area contributed by atoms with E-state index in [4.69, 9.17) is 9.05 Å². The topological polar surface area (TPSA) is 35.5 Å². The predicted molar refractivity (Wildman–Crippen MR) is 124 cm³/mol. The van der Waals surface area contributed by atoms with Gasteiger partial charge in [-0.2, -0.15) is 0 Å². The average Bonchev–Trinajstić information content (AvgIpc) is 2.63. The first kappa shape index (κ1) is 28.1. The fourth-order valence-electron chi connectivity index (χ4n) is 3.44. The third kappa shape index (κ3) is 17.0. The summed E-state index contributed by atoms with van der Waals surface area (Å²) in [5.41, 5.74) is -0.0732. The van der Waals surface area contributed by atoms with Crippen LogP contribution in [0.2, 0.25) is 0 Å². The van der Waals surface area contributed by atoms with Gasteiger partial charge in [0, 0.05) is 0 Å². The zero-order valence-electron chi connectivity index (χ0n) is 19.8. The van der Waals surface area contributed by atoms with Gasteiger partial charge in [0.15, 0.2) is 0 Å².